The molecule has 120 valence electrons. The molecule has 1 heterocycles. The monoisotopic (exact) mass is 307 g/mol. The average molecular weight is 307 g/mol. The number of hydrogen-bond donors (Lipinski definition) is 0. The quantitative estimate of drug-likeness (QED) is 0.735. The van der Waals surface area contributed by atoms with Gasteiger partial charge in [0.2, 0.25) is 0 Å². The van der Waals surface area contributed by atoms with Gasteiger partial charge >= 0.3 is 0 Å². The minimum absolute atomic E-state index is 0.646. The number of hydrogen-bond acceptors (Lipinski definition) is 2. The zero-order chi connectivity index (χ0) is 15.8. The summed E-state index contributed by atoms with van der Waals surface area (Å²) in [5.74, 6) is 2.45. The molecule has 1 unspecified atom stereocenters. The molecule has 0 N–H and O–H groups in total. The van der Waals surface area contributed by atoms with Gasteiger partial charge in [-0.3, -0.25) is 0 Å². The van der Waals surface area contributed by atoms with Gasteiger partial charge < -0.3 is 4.52 Å². The number of nitrogens with zero attached hydrogens (tertiary/aromatic N) is 1. The molecule has 2 nitrogen and oxygen atoms in total. The molecule has 2 heteroatoms. The zero-order valence-corrected chi connectivity index (χ0v) is 14.1. The van der Waals surface area contributed by atoms with Crippen molar-refractivity contribution in [2.75, 3.05) is 0 Å². The van der Waals surface area contributed by atoms with Crippen LogP contribution in [0.25, 0.3) is 5.57 Å². The van der Waals surface area contributed by atoms with E-state index in [0.717, 1.165) is 23.8 Å². The second kappa shape index (κ2) is 5.99. The highest BCUT2D eigenvalue weighted by Crippen LogP contribution is 2.43. The normalized spacial score (nSPS) is 21.3. The van der Waals surface area contributed by atoms with Crippen molar-refractivity contribution < 1.29 is 4.52 Å². The molecule has 2 aromatic rings. The van der Waals surface area contributed by atoms with Crippen LogP contribution < -0.4 is 0 Å². The highest BCUT2D eigenvalue weighted by atomic mass is 16.5. The van der Waals surface area contributed by atoms with Crippen LogP contribution >= 0.6 is 0 Å². The van der Waals surface area contributed by atoms with Crippen LogP contribution in [0.2, 0.25) is 0 Å². The Morgan fingerprint density at radius 1 is 1.13 bits per heavy atom. The number of rotatable bonds is 4. The second-order valence-corrected chi connectivity index (χ2v) is 7.22. The van der Waals surface area contributed by atoms with E-state index in [2.05, 4.69) is 42.4 Å². The van der Waals surface area contributed by atoms with Crippen molar-refractivity contribution in [2.24, 2.45) is 5.92 Å². The molecule has 2 aliphatic rings. The highest BCUT2D eigenvalue weighted by molar-refractivity contribution is 5.69. The first kappa shape index (κ1) is 14.7. The largest absolute Gasteiger partial charge is 0.361 e. The number of aryl methyl sites for hydroxylation is 2. The number of benzene rings is 1. The van der Waals surface area contributed by atoms with Crippen LogP contribution in [0.1, 0.15) is 66.2 Å². The van der Waals surface area contributed by atoms with E-state index in [1.54, 1.807) is 11.1 Å². The van der Waals surface area contributed by atoms with Crippen LogP contribution in [0.3, 0.4) is 0 Å². The minimum Gasteiger partial charge on any atom is -0.361 e. The summed E-state index contributed by atoms with van der Waals surface area (Å²) in [7, 11) is 0. The molecule has 1 fully saturated rings. The van der Waals surface area contributed by atoms with E-state index in [0.29, 0.717) is 5.92 Å². The van der Waals surface area contributed by atoms with E-state index < -0.39 is 0 Å². The van der Waals surface area contributed by atoms with Crippen LogP contribution in [-0.4, -0.2) is 5.16 Å². The van der Waals surface area contributed by atoms with Crippen LogP contribution in [0.15, 0.2) is 34.9 Å². The van der Waals surface area contributed by atoms with Gasteiger partial charge in [0.25, 0.3) is 0 Å². The van der Waals surface area contributed by atoms with Gasteiger partial charge in [0.1, 0.15) is 5.76 Å². The minimum atomic E-state index is 0.646. The van der Waals surface area contributed by atoms with Gasteiger partial charge in [-0.25, -0.2) is 0 Å². The van der Waals surface area contributed by atoms with E-state index in [-0.39, 0.29) is 0 Å². The molecule has 0 radical (unpaired) electrons. The maximum Gasteiger partial charge on any atom is 0.141 e. The van der Waals surface area contributed by atoms with Crippen molar-refractivity contribution in [3.05, 3.63) is 58.5 Å². The Kier molecular flexibility index (Phi) is 3.84. The van der Waals surface area contributed by atoms with E-state index in [1.807, 2.05) is 6.92 Å². The zero-order valence-electron chi connectivity index (χ0n) is 14.1. The molecule has 23 heavy (non-hydrogen) atoms. The topological polar surface area (TPSA) is 26.0 Å². The van der Waals surface area contributed by atoms with E-state index in [4.69, 9.17) is 4.52 Å². The molecule has 0 amide bonds. The molecule has 1 aromatic carbocycles. The van der Waals surface area contributed by atoms with Crippen LogP contribution in [-0.2, 0) is 6.42 Å². The second-order valence-electron chi connectivity index (χ2n) is 7.22. The summed E-state index contributed by atoms with van der Waals surface area (Å²) in [5, 5.41) is 4.13. The van der Waals surface area contributed by atoms with Gasteiger partial charge in [0, 0.05) is 5.56 Å². The van der Waals surface area contributed by atoms with Gasteiger partial charge in [-0.1, -0.05) is 35.5 Å². The van der Waals surface area contributed by atoms with Gasteiger partial charge in [-0.05, 0) is 80.9 Å². The van der Waals surface area contributed by atoms with Crippen molar-refractivity contribution >= 4 is 5.57 Å². The molecule has 1 saturated carbocycles. The smallest absolute Gasteiger partial charge is 0.141 e. The predicted octanol–water partition coefficient (Wildman–Crippen LogP) is 5.60. The number of aromatic nitrogens is 1. The molecule has 0 aliphatic heterocycles. The van der Waals surface area contributed by atoms with Crippen molar-refractivity contribution in [1.82, 2.24) is 5.16 Å². The highest BCUT2D eigenvalue weighted by Gasteiger charge is 2.27. The summed E-state index contributed by atoms with van der Waals surface area (Å²) in [6, 6.07) is 9.08. The molecular weight excluding hydrogens is 282 g/mol. The first-order valence-electron chi connectivity index (χ1n) is 8.94. The summed E-state index contributed by atoms with van der Waals surface area (Å²) in [5.41, 5.74) is 6.90. The summed E-state index contributed by atoms with van der Waals surface area (Å²) in [4.78, 5) is 0. The fourth-order valence-electron chi connectivity index (χ4n) is 4.11. The van der Waals surface area contributed by atoms with Gasteiger partial charge in [-0.2, -0.15) is 0 Å². The predicted molar refractivity (Wildman–Crippen MR) is 93.4 cm³/mol. The lowest BCUT2D eigenvalue weighted by Gasteiger charge is -2.22. The van der Waals surface area contributed by atoms with E-state index in [1.165, 1.54) is 43.2 Å². The Bertz CT molecular complexity index is 717. The fraction of sp³-hybridized carbons (Fsp3) is 0.476. The van der Waals surface area contributed by atoms with E-state index >= 15 is 0 Å². The Balaban J connectivity index is 1.59. The van der Waals surface area contributed by atoms with Crippen molar-refractivity contribution in [3.8, 4) is 0 Å². The molecule has 1 aromatic heterocycles. The van der Waals surface area contributed by atoms with Crippen LogP contribution in [0.5, 0.6) is 0 Å². The van der Waals surface area contributed by atoms with Crippen LogP contribution in [0, 0.1) is 19.8 Å². The standard InChI is InChI=1S/C21H25NO/c1-14-21(15(2)23-22-14)19-8-5-6-16(13-19)12-18-7-3-4-9-20(18)17-10-11-17/h3-4,7,9,13,16-17H,5-6,8,10-12H2,1-2H3. The third-order valence-corrected chi connectivity index (χ3v) is 5.37. The van der Waals surface area contributed by atoms with E-state index in [9.17, 15) is 0 Å². The van der Waals surface area contributed by atoms with Crippen molar-refractivity contribution in [2.45, 2.75) is 58.3 Å². The first-order valence-corrected chi connectivity index (χ1v) is 8.94. The Morgan fingerprint density at radius 2 is 1.96 bits per heavy atom. The Hall–Kier alpha value is -1.83. The maximum absolute atomic E-state index is 5.37. The molecule has 0 bridgehead atoms. The third kappa shape index (κ3) is 2.99. The third-order valence-electron chi connectivity index (χ3n) is 5.37. The summed E-state index contributed by atoms with van der Waals surface area (Å²) in [6.07, 6.45) is 10.2. The molecule has 2 aliphatic carbocycles. The van der Waals surface area contributed by atoms with Crippen LogP contribution in [0.4, 0.5) is 0 Å². The lowest BCUT2D eigenvalue weighted by atomic mass is 9.82. The molecule has 1 atom stereocenters. The fourth-order valence-corrected chi connectivity index (χ4v) is 4.11. The summed E-state index contributed by atoms with van der Waals surface area (Å²) in [6.45, 7) is 4.08. The molecular formula is C21H25NO. The van der Waals surface area contributed by atoms with Gasteiger partial charge in [0.05, 0.1) is 5.69 Å². The lowest BCUT2D eigenvalue weighted by molar-refractivity contribution is 0.393. The van der Waals surface area contributed by atoms with Gasteiger partial charge in [0.15, 0.2) is 0 Å². The maximum atomic E-state index is 5.37. The first-order chi connectivity index (χ1) is 11.2. The molecule has 0 spiro atoms. The summed E-state index contributed by atoms with van der Waals surface area (Å²) < 4.78 is 5.37. The lowest BCUT2D eigenvalue weighted by Crippen LogP contribution is -2.09. The Morgan fingerprint density at radius 3 is 2.70 bits per heavy atom. The van der Waals surface area contributed by atoms with Crippen molar-refractivity contribution in [1.29, 1.82) is 0 Å². The Labute approximate surface area is 138 Å². The molecule has 4 rings (SSSR count). The van der Waals surface area contributed by atoms with Gasteiger partial charge in [-0.15, -0.1) is 0 Å². The molecule has 0 saturated heterocycles. The SMILES string of the molecule is Cc1noc(C)c1C1=CC(Cc2ccccc2C2CC2)CCC1. The van der Waals surface area contributed by atoms with Crippen molar-refractivity contribution in [3.63, 3.8) is 0 Å². The average Bonchev–Trinajstić information content (AvgIpc) is 3.34. The number of allylic oxidation sites excluding steroid dienone is 2. The summed E-state index contributed by atoms with van der Waals surface area (Å²) >= 11 is 0.